The molecular formula is C14H20N2O4. The Morgan fingerprint density at radius 3 is 2.70 bits per heavy atom. The van der Waals surface area contributed by atoms with E-state index in [4.69, 9.17) is 4.42 Å². The van der Waals surface area contributed by atoms with Gasteiger partial charge in [0.25, 0.3) is 0 Å². The molecule has 6 heteroatoms. The SMILES string of the molecule is O=C(NCc1ccoc1)NC(C(=O)O)C1CCCCC1. The number of hydrogen-bond acceptors (Lipinski definition) is 3. The number of hydrogen-bond donors (Lipinski definition) is 3. The van der Waals surface area contributed by atoms with Crippen molar-refractivity contribution in [2.75, 3.05) is 0 Å². The average Bonchev–Trinajstić information content (AvgIpc) is 2.96. The topological polar surface area (TPSA) is 91.6 Å². The quantitative estimate of drug-likeness (QED) is 0.770. The number of aliphatic carboxylic acids is 1. The van der Waals surface area contributed by atoms with Crippen LogP contribution in [0.4, 0.5) is 4.79 Å². The fourth-order valence-electron chi connectivity index (χ4n) is 2.62. The third kappa shape index (κ3) is 4.01. The number of urea groups is 1. The molecule has 0 radical (unpaired) electrons. The molecule has 1 atom stereocenters. The second kappa shape index (κ2) is 6.98. The van der Waals surface area contributed by atoms with Gasteiger partial charge in [0.15, 0.2) is 0 Å². The Kier molecular flexibility index (Phi) is 5.03. The second-order valence-electron chi connectivity index (χ2n) is 5.17. The van der Waals surface area contributed by atoms with E-state index in [2.05, 4.69) is 10.6 Å². The van der Waals surface area contributed by atoms with Crippen LogP contribution in [0, 0.1) is 5.92 Å². The maximum absolute atomic E-state index is 11.8. The van der Waals surface area contributed by atoms with Crippen LogP contribution in [0.2, 0.25) is 0 Å². The minimum absolute atomic E-state index is 0.0286. The molecule has 1 aliphatic rings. The molecule has 6 nitrogen and oxygen atoms in total. The van der Waals surface area contributed by atoms with Gasteiger partial charge < -0.3 is 20.2 Å². The van der Waals surface area contributed by atoms with Crippen LogP contribution in [-0.4, -0.2) is 23.1 Å². The summed E-state index contributed by atoms with van der Waals surface area (Å²) in [4.78, 5) is 23.1. The van der Waals surface area contributed by atoms with E-state index in [9.17, 15) is 14.7 Å². The molecule has 1 saturated carbocycles. The molecule has 2 rings (SSSR count). The molecule has 1 fully saturated rings. The zero-order valence-electron chi connectivity index (χ0n) is 11.3. The Balaban J connectivity index is 1.83. The number of furan rings is 1. The summed E-state index contributed by atoms with van der Waals surface area (Å²) in [5.74, 6) is -0.934. The van der Waals surface area contributed by atoms with Gasteiger partial charge >= 0.3 is 12.0 Å². The maximum atomic E-state index is 11.8. The number of carbonyl (C=O) groups excluding carboxylic acids is 1. The van der Waals surface area contributed by atoms with Gasteiger partial charge in [-0.05, 0) is 24.8 Å². The lowest BCUT2D eigenvalue weighted by Crippen LogP contribution is -2.50. The van der Waals surface area contributed by atoms with Crippen LogP contribution in [0.3, 0.4) is 0 Å². The van der Waals surface area contributed by atoms with Crippen molar-refractivity contribution < 1.29 is 19.1 Å². The van der Waals surface area contributed by atoms with Crippen molar-refractivity contribution >= 4 is 12.0 Å². The maximum Gasteiger partial charge on any atom is 0.326 e. The van der Waals surface area contributed by atoms with Gasteiger partial charge in [0.1, 0.15) is 6.04 Å². The normalized spacial score (nSPS) is 17.4. The minimum Gasteiger partial charge on any atom is -0.480 e. The van der Waals surface area contributed by atoms with Crippen LogP contribution in [0.25, 0.3) is 0 Å². The van der Waals surface area contributed by atoms with Crippen LogP contribution >= 0.6 is 0 Å². The van der Waals surface area contributed by atoms with Crippen LogP contribution in [0.5, 0.6) is 0 Å². The fourth-order valence-corrected chi connectivity index (χ4v) is 2.62. The Bertz CT molecular complexity index is 438. The molecule has 1 aliphatic carbocycles. The molecule has 0 aromatic carbocycles. The van der Waals surface area contributed by atoms with Gasteiger partial charge in [-0.2, -0.15) is 0 Å². The fraction of sp³-hybridized carbons (Fsp3) is 0.571. The predicted molar refractivity (Wildman–Crippen MR) is 72.1 cm³/mol. The van der Waals surface area contributed by atoms with Gasteiger partial charge in [0, 0.05) is 12.1 Å². The number of nitrogens with one attached hydrogen (secondary N) is 2. The van der Waals surface area contributed by atoms with Crippen LogP contribution in [0.15, 0.2) is 23.0 Å². The third-order valence-corrected chi connectivity index (χ3v) is 3.71. The first-order valence-corrected chi connectivity index (χ1v) is 6.95. The van der Waals surface area contributed by atoms with E-state index < -0.39 is 18.0 Å². The highest BCUT2D eigenvalue weighted by Crippen LogP contribution is 2.26. The smallest absolute Gasteiger partial charge is 0.326 e. The van der Waals surface area contributed by atoms with E-state index in [-0.39, 0.29) is 5.92 Å². The van der Waals surface area contributed by atoms with Crippen molar-refractivity contribution in [2.24, 2.45) is 5.92 Å². The van der Waals surface area contributed by atoms with E-state index in [1.165, 1.54) is 12.5 Å². The molecule has 20 heavy (non-hydrogen) atoms. The molecular weight excluding hydrogens is 260 g/mol. The summed E-state index contributed by atoms with van der Waals surface area (Å²) in [7, 11) is 0. The lowest BCUT2D eigenvalue weighted by atomic mass is 9.84. The van der Waals surface area contributed by atoms with E-state index in [0.717, 1.165) is 37.7 Å². The molecule has 0 saturated heterocycles. The van der Waals surface area contributed by atoms with Crippen LogP contribution in [0.1, 0.15) is 37.7 Å². The minimum atomic E-state index is -0.963. The number of carbonyl (C=O) groups is 2. The second-order valence-corrected chi connectivity index (χ2v) is 5.17. The highest BCUT2D eigenvalue weighted by molar-refractivity contribution is 5.82. The molecule has 1 aromatic heterocycles. The van der Waals surface area contributed by atoms with E-state index in [1.807, 2.05) is 0 Å². The number of carboxylic acids is 1. The summed E-state index contributed by atoms with van der Waals surface area (Å²) < 4.78 is 4.90. The monoisotopic (exact) mass is 280 g/mol. The van der Waals surface area contributed by atoms with Gasteiger partial charge in [-0.1, -0.05) is 19.3 Å². The third-order valence-electron chi connectivity index (χ3n) is 3.71. The first-order chi connectivity index (χ1) is 9.66. The molecule has 1 unspecified atom stereocenters. The van der Waals surface area contributed by atoms with E-state index >= 15 is 0 Å². The summed E-state index contributed by atoms with van der Waals surface area (Å²) in [6, 6.07) is 0.486. The van der Waals surface area contributed by atoms with Gasteiger partial charge in [-0.25, -0.2) is 9.59 Å². The summed E-state index contributed by atoms with van der Waals surface area (Å²) in [6.07, 6.45) is 8.00. The lowest BCUT2D eigenvalue weighted by molar-refractivity contribution is -0.141. The molecule has 110 valence electrons. The molecule has 0 spiro atoms. The molecule has 3 N–H and O–H groups in total. The van der Waals surface area contributed by atoms with Crippen LogP contribution < -0.4 is 10.6 Å². The summed E-state index contributed by atoms with van der Waals surface area (Å²) in [6.45, 7) is 0.319. The predicted octanol–water partition coefficient (Wildman–Crippen LogP) is 2.11. The van der Waals surface area contributed by atoms with Crippen molar-refractivity contribution in [2.45, 2.75) is 44.7 Å². The summed E-state index contributed by atoms with van der Waals surface area (Å²) in [5, 5.41) is 14.5. The number of rotatable bonds is 5. The first-order valence-electron chi connectivity index (χ1n) is 6.95. The van der Waals surface area contributed by atoms with Crippen LogP contribution in [-0.2, 0) is 11.3 Å². The number of carboxylic acid groups (broad SMARTS) is 1. The Hall–Kier alpha value is -1.98. The average molecular weight is 280 g/mol. The van der Waals surface area contributed by atoms with Gasteiger partial charge in [0.2, 0.25) is 0 Å². The summed E-state index contributed by atoms with van der Waals surface area (Å²) >= 11 is 0. The Morgan fingerprint density at radius 2 is 2.10 bits per heavy atom. The van der Waals surface area contributed by atoms with E-state index in [1.54, 1.807) is 6.07 Å². The first kappa shape index (κ1) is 14.4. The van der Waals surface area contributed by atoms with Crippen molar-refractivity contribution in [1.29, 1.82) is 0 Å². The number of amides is 2. The van der Waals surface area contributed by atoms with Gasteiger partial charge in [-0.3, -0.25) is 0 Å². The highest BCUT2D eigenvalue weighted by atomic mass is 16.4. The molecule has 1 aromatic rings. The van der Waals surface area contributed by atoms with Crippen molar-refractivity contribution in [3.8, 4) is 0 Å². The Morgan fingerprint density at radius 1 is 1.35 bits per heavy atom. The van der Waals surface area contributed by atoms with Crippen molar-refractivity contribution in [1.82, 2.24) is 10.6 Å². The van der Waals surface area contributed by atoms with Gasteiger partial charge in [-0.15, -0.1) is 0 Å². The van der Waals surface area contributed by atoms with E-state index in [0.29, 0.717) is 6.54 Å². The molecule has 2 amide bonds. The largest absolute Gasteiger partial charge is 0.480 e. The van der Waals surface area contributed by atoms with Crippen molar-refractivity contribution in [3.63, 3.8) is 0 Å². The standard InChI is InChI=1S/C14H20N2O4/c17-13(18)12(11-4-2-1-3-5-11)16-14(19)15-8-10-6-7-20-9-10/h6-7,9,11-12H,1-5,8H2,(H,17,18)(H2,15,16,19). The molecule has 1 heterocycles. The zero-order valence-corrected chi connectivity index (χ0v) is 11.3. The molecule has 0 bridgehead atoms. The Labute approximate surface area is 117 Å². The molecule has 0 aliphatic heterocycles. The summed E-state index contributed by atoms with van der Waals surface area (Å²) in [5.41, 5.74) is 0.838. The lowest BCUT2D eigenvalue weighted by Gasteiger charge is -2.28. The zero-order chi connectivity index (χ0) is 14.4. The van der Waals surface area contributed by atoms with Crippen molar-refractivity contribution in [3.05, 3.63) is 24.2 Å². The van der Waals surface area contributed by atoms with Gasteiger partial charge in [0.05, 0.1) is 12.5 Å². The highest BCUT2D eigenvalue weighted by Gasteiger charge is 2.30.